The fraction of sp³-hybridized carbons (Fsp3) is 0.778. The molecule has 1 aliphatic heterocycles. The van der Waals surface area contributed by atoms with Gasteiger partial charge in [0.05, 0.1) is 11.5 Å². The molecule has 2 amide bonds. The molecule has 14 heavy (non-hydrogen) atoms. The van der Waals surface area contributed by atoms with Crippen LogP contribution in [0.4, 0.5) is 0 Å². The largest absolute Gasteiger partial charge is 0.354 e. The van der Waals surface area contributed by atoms with Crippen LogP contribution in [0.25, 0.3) is 0 Å². The van der Waals surface area contributed by atoms with E-state index in [0.717, 1.165) is 0 Å². The lowest BCUT2D eigenvalue weighted by Gasteiger charge is -2.23. The fourth-order valence-electron chi connectivity index (χ4n) is 1.18. The third-order valence-electron chi connectivity index (χ3n) is 2.44. The zero-order valence-corrected chi connectivity index (χ0v) is 8.59. The summed E-state index contributed by atoms with van der Waals surface area (Å²) < 4.78 is 0. The molecular weight excluding hydrogens is 182 g/mol. The Labute approximate surface area is 83.4 Å². The number of nitrogens with two attached hydrogens (primary N) is 1. The minimum Gasteiger partial charge on any atom is -0.354 e. The van der Waals surface area contributed by atoms with Crippen molar-refractivity contribution in [3.8, 4) is 0 Å². The van der Waals surface area contributed by atoms with E-state index in [1.165, 1.54) is 0 Å². The summed E-state index contributed by atoms with van der Waals surface area (Å²) in [6.07, 6.45) is 0.367. The molecule has 0 aromatic rings. The highest BCUT2D eigenvalue weighted by atomic mass is 16.2. The van der Waals surface area contributed by atoms with Gasteiger partial charge >= 0.3 is 0 Å². The lowest BCUT2D eigenvalue weighted by molar-refractivity contribution is -0.129. The number of amides is 2. The van der Waals surface area contributed by atoms with Gasteiger partial charge in [-0.05, 0) is 13.8 Å². The van der Waals surface area contributed by atoms with E-state index >= 15 is 0 Å². The highest BCUT2D eigenvalue weighted by Crippen LogP contribution is 2.13. The van der Waals surface area contributed by atoms with Crippen LogP contribution >= 0.6 is 0 Å². The van der Waals surface area contributed by atoms with Crippen LogP contribution in [0.1, 0.15) is 20.3 Å². The van der Waals surface area contributed by atoms with Crippen molar-refractivity contribution in [3.05, 3.63) is 0 Å². The average Bonchev–Trinajstić information content (AvgIpc) is 2.51. The normalized spacial score (nSPS) is 21.9. The van der Waals surface area contributed by atoms with Gasteiger partial charge in [-0.25, -0.2) is 0 Å². The number of carbonyl (C=O) groups is 2. The van der Waals surface area contributed by atoms with Crippen LogP contribution < -0.4 is 16.4 Å². The van der Waals surface area contributed by atoms with Crippen LogP contribution in [-0.4, -0.2) is 30.9 Å². The molecule has 1 heterocycles. The maximum absolute atomic E-state index is 11.6. The maximum atomic E-state index is 11.6. The van der Waals surface area contributed by atoms with Gasteiger partial charge in [-0.3, -0.25) is 9.59 Å². The second-order valence-corrected chi connectivity index (χ2v) is 4.27. The monoisotopic (exact) mass is 199 g/mol. The van der Waals surface area contributed by atoms with E-state index in [0.29, 0.717) is 19.5 Å². The summed E-state index contributed by atoms with van der Waals surface area (Å²) in [6, 6.07) is -0.0826. The van der Waals surface area contributed by atoms with Gasteiger partial charge in [-0.15, -0.1) is 0 Å². The van der Waals surface area contributed by atoms with Crippen LogP contribution in [0.3, 0.4) is 0 Å². The van der Waals surface area contributed by atoms with Gasteiger partial charge in [0.25, 0.3) is 0 Å². The molecule has 0 saturated carbocycles. The Balaban J connectivity index is 2.45. The summed E-state index contributed by atoms with van der Waals surface area (Å²) in [6.45, 7) is 4.39. The van der Waals surface area contributed by atoms with Gasteiger partial charge in [-0.2, -0.15) is 0 Å². The molecule has 5 heteroatoms. The zero-order chi connectivity index (χ0) is 10.8. The van der Waals surface area contributed by atoms with Crippen molar-refractivity contribution < 1.29 is 9.59 Å². The Morgan fingerprint density at radius 3 is 2.79 bits per heavy atom. The Morgan fingerprint density at radius 2 is 2.36 bits per heavy atom. The summed E-state index contributed by atoms with van der Waals surface area (Å²) >= 11 is 0. The second-order valence-electron chi connectivity index (χ2n) is 4.27. The van der Waals surface area contributed by atoms with Crippen LogP contribution in [0.2, 0.25) is 0 Å². The highest BCUT2D eigenvalue weighted by Gasteiger charge is 2.30. The van der Waals surface area contributed by atoms with Crippen molar-refractivity contribution >= 4 is 11.8 Å². The molecule has 0 bridgehead atoms. The van der Waals surface area contributed by atoms with E-state index < -0.39 is 5.41 Å². The van der Waals surface area contributed by atoms with Crippen molar-refractivity contribution in [2.75, 3.05) is 13.1 Å². The van der Waals surface area contributed by atoms with E-state index in [2.05, 4.69) is 10.6 Å². The van der Waals surface area contributed by atoms with Gasteiger partial charge in [0, 0.05) is 19.5 Å². The molecule has 5 nitrogen and oxygen atoms in total. The molecule has 80 valence electrons. The Hall–Kier alpha value is -1.10. The van der Waals surface area contributed by atoms with Crippen LogP contribution in [0.5, 0.6) is 0 Å². The molecule has 1 saturated heterocycles. The first kappa shape index (κ1) is 11.0. The molecule has 0 aliphatic carbocycles. The minimum absolute atomic E-state index is 0.0131. The third kappa shape index (κ3) is 2.45. The number of hydrogen-bond acceptors (Lipinski definition) is 3. The van der Waals surface area contributed by atoms with Crippen LogP contribution in [0, 0.1) is 5.41 Å². The summed E-state index contributed by atoms with van der Waals surface area (Å²) in [5.74, 6) is -0.109. The molecule has 4 N–H and O–H groups in total. The number of hydrogen-bond donors (Lipinski definition) is 3. The van der Waals surface area contributed by atoms with Gasteiger partial charge in [0.15, 0.2) is 0 Å². The average molecular weight is 199 g/mol. The molecular formula is C9H17N3O2. The third-order valence-corrected chi connectivity index (χ3v) is 2.44. The molecule has 1 rings (SSSR count). The maximum Gasteiger partial charge on any atom is 0.227 e. The van der Waals surface area contributed by atoms with Gasteiger partial charge < -0.3 is 16.4 Å². The van der Waals surface area contributed by atoms with E-state index in [1.807, 2.05) is 0 Å². The van der Waals surface area contributed by atoms with Crippen molar-refractivity contribution in [2.45, 2.75) is 26.3 Å². The van der Waals surface area contributed by atoms with Crippen LogP contribution in [-0.2, 0) is 9.59 Å². The first-order valence-electron chi connectivity index (χ1n) is 4.73. The molecule has 1 aliphatic rings. The summed E-state index contributed by atoms with van der Waals surface area (Å²) in [4.78, 5) is 22.5. The predicted octanol–water partition coefficient (Wildman–Crippen LogP) is -1.02. The number of nitrogens with one attached hydrogen (secondary N) is 2. The standard InChI is InChI=1S/C9H17N3O2/c1-9(2,5-10)8(14)12-6-3-7(13)11-4-6/h6H,3-5,10H2,1-2H3,(H,11,13)(H,12,14). The molecule has 0 radical (unpaired) electrons. The number of rotatable bonds is 3. The first-order valence-corrected chi connectivity index (χ1v) is 4.73. The number of carbonyl (C=O) groups excluding carboxylic acids is 2. The Bertz CT molecular complexity index is 250. The minimum atomic E-state index is -0.564. The molecule has 1 fully saturated rings. The van der Waals surface area contributed by atoms with E-state index in [4.69, 9.17) is 5.73 Å². The topological polar surface area (TPSA) is 84.2 Å². The van der Waals surface area contributed by atoms with Crippen LogP contribution in [0.15, 0.2) is 0 Å². The van der Waals surface area contributed by atoms with Crippen molar-refractivity contribution in [1.29, 1.82) is 0 Å². The van der Waals surface area contributed by atoms with E-state index in [-0.39, 0.29) is 17.9 Å². The van der Waals surface area contributed by atoms with E-state index in [9.17, 15) is 9.59 Å². The molecule has 0 aromatic carbocycles. The first-order chi connectivity index (χ1) is 6.45. The molecule has 0 spiro atoms. The van der Waals surface area contributed by atoms with Crippen molar-refractivity contribution in [2.24, 2.45) is 11.1 Å². The SMILES string of the molecule is CC(C)(CN)C(=O)NC1CNC(=O)C1. The van der Waals surface area contributed by atoms with Gasteiger partial charge in [0.2, 0.25) is 11.8 Å². The van der Waals surface area contributed by atoms with Crippen molar-refractivity contribution in [1.82, 2.24) is 10.6 Å². The zero-order valence-electron chi connectivity index (χ0n) is 8.59. The van der Waals surface area contributed by atoms with Crippen molar-refractivity contribution in [3.63, 3.8) is 0 Å². The Kier molecular flexibility index (Phi) is 3.10. The summed E-state index contributed by atoms with van der Waals surface area (Å²) in [5, 5.41) is 5.46. The summed E-state index contributed by atoms with van der Waals surface area (Å²) in [7, 11) is 0. The van der Waals surface area contributed by atoms with Gasteiger partial charge in [-0.1, -0.05) is 0 Å². The lowest BCUT2D eigenvalue weighted by atomic mass is 9.92. The summed E-state index contributed by atoms with van der Waals surface area (Å²) in [5.41, 5.74) is 4.90. The second kappa shape index (κ2) is 3.96. The fourth-order valence-corrected chi connectivity index (χ4v) is 1.18. The highest BCUT2D eigenvalue weighted by molar-refractivity contribution is 5.84. The smallest absolute Gasteiger partial charge is 0.227 e. The molecule has 1 unspecified atom stereocenters. The van der Waals surface area contributed by atoms with Gasteiger partial charge in [0.1, 0.15) is 0 Å². The quantitative estimate of drug-likeness (QED) is 0.543. The lowest BCUT2D eigenvalue weighted by Crippen LogP contribution is -2.46. The van der Waals surface area contributed by atoms with E-state index in [1.54, 1.807) is 13.8 Å². The molecule has 1 atom stereocenters. The molecule has 0 aromatic heterocycles. The Morgan fingerprint density at radius 1 is 1.71 bits per heavy atom. The predicted molar refractivity (Wildman–Crippen MR) is 52.4 cm³/mol.